The van der Waals surface area contributed by atoms with Crippen molar-refractivity contribution >= 4 is 50.9 Å². The molecule has 0 unspecified atom stereocenters. The minimum Gasteiger partial charge on any atom is -0.345 e. The lowest BCUT2D eigenvalue weighted by Crippen LogP contribution is -2.28. The Kier molecular flexibility index (Phi) is 8.73. The highest BCUT2D eigenvalue weighted by Gasteiger charge is 2.33. The first kappa shape index (κ1) is 29.1. The van der Waals surface area contributed by atoms with E-state index in [1.54, 1.807) is 23.7 Å². The molecule has 1 atom stereocenters. The Labute approximate surface area is 252 Å². The maximum atomic E-state index is 13.6. The SMILES string of the molecule is Cn1c(CNC(=O)c2ccc([N+](=O)[O-])cc2)nnc1SCC(=O)N1N=C(c2ccc(Br)cc2)C[C@H]1c1ccc(F)cc1. The van der Waals surface area contributed by atoms with Gasteiger partial charge in [0, 0.05) is 35.6 Å². The maximum absolute atomic E-state index is 13.6. The number of benzene rings is 3. The molecule has 0 aliphatic carbocycles. The van der Waals surface area contributed by atoms with Crippen LogP contribution in [0.1, 0.15) is 39.8 Å². The fourth-order valence-electron chi connectivity index (χ4n) is 4.31. The average Bonchev–Trinajstić information content (AvgIpc) is 3.59. The molecular formula is C28H23BrFN7O4S. The second-order valence-corrected chi connectivity index (χ2v) is 11.2. The summed E-state index contributed by atoms with van der Waals surface area (Å²) in [7, 11) is 1.72. The predicted molar refractivity (Wildman–Crippen MR) is 157 cm³/mol. The monoisotopic (exact) mass is 651 g/mol. The Morgan fingerprint density at radius 3 is 2.43 bits per heavy atom. The molecule has 14 heteroatoms. The standard InChI is InChI=1S/C28H23BrFN7O4S/c1-35-25(15-31-27(39)19-6-12-22(13-7-19)37(40)41)32-33-28(35)42-16-26(38)36-24(18-4-10-21(30)11-5-18)14-23(34-36)17-2-8-20(29)9-3-17/h2-13,24H,14-16H2,1H3,(H,31,39)/t24-/m0/s1. The predicted octanol–water partition coefficient (Wildman–Crippen LogP) is 5.02. The average molecular weight is 653 g/mol. The molecule has 0 fully saturated rings. The summed E-state index contributed by atoms with van der Waals surface area (Å²) in [5.41, 5.74) is 2.58. The van der Waals surface area contributed by atoms with Crippen LogP contribution in [0.3, 0.4) is 0 Å². The number of amides is 2. The summed E-state index contributed by atoms with van der Waals surface area (Å²) in [6.45, 7) is 0.0629. The third-order valence-electron chi connectivity index (χ3n) is 6.60. The number of non-ortho nitro benzene ring substituents is 1. The molecule has 2 amide bonds. The zero-order valence-electron chi connectivity index (χ0n) is 22.1. The zero-order chi connectivity index (χ0) is 29.8. The minimum absolute atomic E-state index is 0.0237. The minimum atomic E-state index is -0.536. The number of carbonyl (C=O) groups is 2. The summed E-state index contributed by atoms with van der Waals surface area (Å²) < 4.78 is 16.2. The van der Waals surface area contributed by atoms with Gasteiger partial charge < -0.3 is 9.88 Å². The molecule has 0 radical (unpaired) electrons. The number of nitrogens with one attached hydrogen (secondary N) is 1. The normalized spacial score (nSPS) is 14.5. The van der Waals surface area contributed by atoms with Crippen LogP contribution in [0.15, 0.2) is 87.5 Å². The van der Waals surface area contributed by atoms with Crippen LogP contribution in [0.25, 0.3) is 0 Å². The summed E-state index contributed by atoms with van der Waals surface area (Å²) in [6, 6.07) is 18.6. The Balaban J connectivity index is 1.24. The van der Waals surface area contributed by atoms with E-state index in [2.05, 4.69) is 36.5 Å². The molecule has 1 aliphatic heterocycles. The van der Waals surface area contributed by atoms with E-state index >= 15 is 0 Å². The molecule has 0 saturated carbocycles. The van der Waals surface area contributed by atoms with Gasteiger partial charge in [-0.2, -0.15) is 5.10 Å². The molecule has 0 bridgehead atoms. The highest BCUT2D eigenvalue weighted by atomic mass is 79.9. The number of halogens is 2. The van der Waals surface area contributed by atoms with Crippen LogP contribution in [-0.2, 0) is 18.4 Å². The number of thioether (sulfide) groups is 1. The van der Waals surface area contributed by atoms with Crippen molar-refractivity contribution in [2.24, 2.45) is 12.1 Å². The third-order valence-corrected chi connectivity index (χ3v) is 8.13. The lowest BCUT2D eigenvalue weighted by atomic mass is 9.98. The Morgan fingerprint density at radius 1 is 1.07 bits per heavy atom. The number of hydrogen-bond donors (Lipinski definition) is 1. The molecule has 3 aromatic carbocycles. The number of nitro benzene ring substituents is 1. The van der Waals surface area contributed by atoms with Crippen molar-refractivity contribution in [1.29, 1.82) is 0 Å². The van der Waals surface area contributed by atoms with E-state index in [1.165, 1.54) is 53.2 Å². The fraction of sp³-hybridized carbons (Fsp3) is 0.179. The number of rotatable bonds is 9. The summed E-state index contributed by atoms with van der Waals surface area (Å²) in [5.74, 6) is -0.548. The number of nitrogens with zero attached hydrogens (tertiary/aromatic N) is 6. The largest absolute Gasteiger partial charge is 0.345 e. The van der Waals surface area contributed by atoms with Crippen LogP contribution < -0.4 is 5.32 Å². The molecular weight excluding hydrogens is 629 g/mol. The molecule has 214 valence electrons. The Hall–Kier alpha value is -4.43. The summed E-state index contributed by atoms with van der Waals surface area (Å²) in [4.78, 5) is 36.2. The highest BCUT2D eigenvalue weighted by molar-refractivity contribution is 9.10. The Bertz CT molecular complexity index is 1660. The molecule has 0 saturated heterocycles. The van der Waals surface area contributed by atoms with Crippen molar-refractivity contribution < 1.29 is 18.9 Å². The lowest BCUT2D eigenvalue weighted by molar-refractivity contribution is -0.384. The maximum Gasteiger partial charge on any atom is 0.269 e. The molecule has 1 aromatic heterocycles. The molecule has 5 rings (SSSR count). The van der Waals surface area contributed by atoms with Gasteiger partial charge in [0.25, 0.3) is 17.5 Å². The first-order valence-corrected chi connectivity index (χ1v) is 14.4. The molecule has 0 spiro atoms. The van der Waals surface area contributed by atoms with E-state index in [0.717, 1.165) is 21.3 Å². The Morgan fingerprint density at radius 2 is 1.76 bits per heavy atom. The van der Waals surface area contributed by atoms with Crippen LogP contribution in [-0.4, -0.2) is 48.0 Å². The molecule has 1 N–H and O–H groups in total. The van der Waals surface area contributed by atoms with Gasteiger partial charge in [0.2, 0.25) is 0 Å². The molecule has 2 heterocycles. The summed E-state index contributed by atoms with van der Waals surface area (Å²) in [6.07, 6.45) is 0.478. The van der Waals surface area contributed by atoms with Crippen molar-refractivity contribution in [2.75, 3.05) is 5.75 Å². The highest BCUT2D eigenvalue weighted by Crippen LogP contribution is 2.34. The van der Waals surface area contributed by atoms with Gasteiger partial charge in [-0.15, -0.1) is 10.2 Å². The molecule has 1 aliphatic rings. The van der Waals surface area contributed by atoms with Crippen LogP contribution in [0.2, 0.25) is 0 Å². The van der Waals surface area contributed by atoms with E-state index in [9.17, 15) is 24.1 Å². The van der Waals surface area contributed by atoms with Crippen LogP contribution >= 0.6 is 27.7 Å². The topological polar surface area (TPSA) is 136 Å². The van der Waals surface area contributed by atoms with Crippen LogP contribution in [0.4, 0.5) is 10.1 Å². The van der Waals surface area contributed by atoms with Gasteiger partial charge in [-0.25, -0.2) is 9.40 Å². The first-order chi connectivity index (χ1) is 20.2. The second-order valence-electron chi connectivity index (χ2n) is 9.30. The number of hydrogen-bond acceptors (Lipinski definition) is 8. The van der Waals surface area contributed by atoms with Crippen molar-refractivity contribution in [3.05, 3.63) is 116 Å². The fourth-order valence-corrected chi connectivity index (χ4v) is 5.36. The van der Waals surface area contributed by atoms with E-state index < -0.39 is 10.8 Å². The van der Waals surface area contributed by atoms with Gasteiger partial charge >= 0.3 is 0 Å². The quantitative estimate of drug-likeness (QED) is 0.152. The van der Waals surface area contributed by atoms with E-state index in [0.29, 0.717) is 17.4 Å². The van der Waals surface area contributed by atoms with E-state index in [4.69, 9.17) is 0 Å². The van der Waals surface area contributed by atoms with E-state index in [1.807, 2.05) is 24.3 Å². The van der Waals surface area contributed by atoms with Gasteiger partial charge in [-0.1, -0.05) is 52.0 Å². The van der Waals surface area contributed by atoms with Gasteiger partial charge in [-0.05, 0) is 47.5 Å². The van der Waals surface area contributed by atoms with Crippen molar-refractivity contribution in [2.45, 2.75) is 24.2 Å². The molecule has 4 aromatic rings. The third kappa shape index (κ3) is 6.55. The number of aromatic nitrogens is 3. The second kappa shape index (κ2) is 12.6. The summed E-state index contributed by atoms with van der Waals surface area (Å²) in [5, 5.41) is 28.4. The van der Waals surface area contributed by atoms with Gasteiger partial charge in [-0.3, -0.25) is 19.7 Å². The van der Waals surface area contributed by atoms with Crippen molar-refractivity contribution in [3.63, 3.8) is 0 Å². The van der Waals surface area contributed by atoms with Crippen LogP contribution in [0.5, 0.6) is 0 Å². The smallest absolute Gasteiger partial charge is 0.269 e. The summed E-state index contributed by atoms with van der Waals surface area (Å²) >= 11 is 4.61. The number of carbonyl (C=O) groups excluding carboxylic acids is 2. The van der Waals surface area contributed by atoms with Gasteiger partial charge in [0.05, 0.1) is 29.0 Å². The van der Waals surface area contributed by atoms with Crippen LogP contribution in [0, 0.1) is 15.9 Å². The van der Waals surface area contributed by atoms with Crippen molar-refractivity contribution in [3.8, 4) is 0 Å². The molecule has 42 heavy (non-hydrogen) atoms. The first-order valence-electron chi connectivity index (χ1n) is 12.6. The number of nitro groups is 1. The zero-order valence-corrected chi connectivity index (χ0v) is 24.5. The van der Waals surface area contributed by atoms with Gasteiger partial charge in [0.1, 0.15) is 5.82 Å². The van der Waals surface area contributed by atoms with Crippen molar-refractivity contribution in [1.82, 2.24) is 25.1 Å². The lowest BCUT2D eigenvalue weighted by Gasteiger charge is -2.22. The molecule has 11 nitrogen and oxygen atoms in total. The number of hydrazone groups is 1. The van der Waals surface area contributed by atoms with E-state index in [-0.39, 0.29) is 41.3 Å². The van der Waals surface area contributed by atoms with Gasteiger partial charge in [0.15, 0.2) is 11.0 Å².